The lowest BCUT2D eigenvalue weighted by Crippen LogP contribution is -2.48. The van der Waals surface area contributed by atoms with E-state index in [1.54, 1.807) is 6.92 Å². The maximum Gasteiger partial charge on any atom is 0.278 e. The van der Waals surface area contributed by atoms with E-state index in [-0.39, 0.29) is 35.9 Å². The Morgan fingerprint density at radius 1 is 1.17 bits per heavy atom. The Balaban J connectivity index is 0.00000189. The van der Waals surface area contributed by atoms with E-state index < -0.39 is 35.4 Å². The summed E-state index contributed by atoms with van der Waals surface area (Å²) in [7, 11) is 0. The third kappa shape index (κ3) is 6.21. The Hall–Kier alpha value is -3.56. The summed E-state index contributed by atoms with van der Waals surface area (Å²) in [6.45, 7) is 9.59. The molecule has 2 heterocycles. The van der Waals surface area contributed by atoms with Gasteiger partial charge >= 0.3 is 0 Å². The quantitative estimate of drug-likeness (QED) is 0.399. The van der Waals surface area contributed by atoms with E-state index >= 15 is 0 Å². The number of ether oxygens (including phenoxy) is 1. The number of hydrogen-bond donors (Lipinski definition) is 2. The van der Waals surface area contributed by atoms with Gasteiger partial charge in [0.15, 0.2) is 5.96 Å². The van der Waals surface area contributed by atoms with E-state index in [4.69, 9.17) is 10.5 Å². The van der Waals surface area contributed by atoms with Crippen LogP contribution in [0.25, 0.3) is 0 Å². The van der Waals surface area contributed by atoms with Crippen molar-refractivity contribution in [3.8, 4) is 5.75 Å². The first-order valence-corrected chi connectivity index (χ1v) is 14.2. The highest BCUT2D eigenvalue weighted by Gasteiger charge is 2.51. The number of halogens is 3. The van der Waals surface area contributed by atoms with Crippen LogP contribution in [0.2, 0.25) is 0 Å². The number of nitrogens with two attached hydrogens (primary N) is 1. The SMILES string of the molecule is CC.Cc1cc(F)c2c(c1)C(N1C(=O)CC(CCCc3ccc4c(c3)C(NC=O)CC(C)(C)O4)N=C1N)CC2(F)F. The van der Waals surface area contributed by atoms with Crippen LogP contribution in [0.5, 0.6) is 5.75 Å². The van der Waals surface area contributed by atoms with Crippen molar-refractivity contribution in [1.82, 2.24) is 10.2 Å². The van der Waals surface area contributed by atoms with Gasteiger partial charge in [0.25, 0.3) is 5.92 Å². The van der Waals surface area contributed by atoms with E-state index in [0.717, 1.165) is 40.7 Å². The number of aryl methyl sites for hydroxylation is 2. The van der Waals surface area contributed by atoms with Crippen LogP contribution < -0.4 is 15.8 Å². The monoisotopic (exact) mass is 572 g/mol. The van der Waals surface area contributed by atoms with Gasteiger partial charge in [0.1, 0.15) is 17.2 Å². The first-order valence-electron chi connectivity index (χ1n) is 14.2. The van der Waals surface area contributed by atoms with E-state index in [1.807, 2.05) is 45.9 Å². The maximum absolute atomic E-state index is 14.7. The molecule has 2 aliphatic heterocycles. The molecule has 0 fully saturated rings. The van der Waals surface area contributed by atoms with E-state index in [1.165, 1.54) is 6.07 Å². The highest BCUT2D eigenvalue weighted by Crippen LogP contribution is 2.51. The second-order valence-electron chi connectivity index (χ2n) is 11.4. The molecule has 3 atom stereocenters. The minimum atomic E-state index is -3.40. The summed E-state index contributed by atoms with van der Waals surface area (Å²) in [6, 6.07) is 6.96. The highest BCUT2D eigenvalue weighted by atomic mass is 19.3. The number of nitrogens with zero attached hydrogens (tertiary/aromatic N) is 2. The number of nitrogens with one attached hydrogen (secondary N) is 1. The standard InChI is InChI=1S/C29H33F3N4O3.C2H6/c1-16-9-20-23(14-29(31,32)26(20)21(30)10-16)36-25(38)12-18(35-27(36)33)6-4-5-17-7-8-24-19(11-17)22(34-15-37)13-28(2,3)39-24;1-2/h7-11,15,18,22-23H,4-6,12-14H2,1-3H3,(H2,33,35)(H,34,37);1-2H3. The Morgan fingerprint density at radius 2 is 1.90 bits per heavy atom. The van der Waals surface area contributed by atoms with Gasteiger partial charge in [0.2, 0.25) is 12.3 Å². The molecule has 1 aliphatic carbocycles. The molecular weight excluding hydrogens is 533 g/mol. The molecule has 7 nitrogen and oxygen atoms in total. The van der Waals surface area contributed by atoms with Gasteiger partial charge in [-0.25, -0.2) is 18.2 Å². The summed E-state index contributed by atoms with van der Waals surface area (Å²) < 4.78 is 49.9. The van der Waals surface area contributed by atoms with E-state index in [0.29, 0.717) is 24.8 Å². The average Bonchev–Trinajstić information content (AvgIpc) is 3.14. The zero-order chi connectivity index (χ0) is 30.1. The van der Waals surface area contributed by atoms with Gasteiger partial charge in [-0.15, -0.1) is 0 Å². The molecule has 2 amide bonds. The normalized spacial score (nSPS) is 23.8. The van der Waals surface area contributed by atoms with Gasteiger partial charge in [-0.05, 0) is 68.9 Å². The molecule has 0 saturated carbocycles. The predicted octanol–water partition coefficient (Wildman–Crippen LogP) is 5.98. The van der Waals surface area contributed by atoms with Crippen molar-refractivity contribution in [3.05, 3.63) is 64.0 Å². The Kier molecular flexibility index (Phi) is 8.70. The molecule has 3 N–H and O–H groups in total. The third-order valence-electron chi connectivity index (χ3n) is 7.80. The fraction of sp³-hybridized carbons (Fsp3) is 0.516. The molecule has 222 valence electrons. The summed E-state index contributed by atoms with van der Waals surface area (Å²) >= 11 is 0. The van der Waals surface area contributed by atoms with Crippen LogP contribution in [0.3, 0.4) is 0 Å². The van der Waals surface area contributed by atoms with Crippen LogP contribution in [0.4, 0.5) is 13.2 Å². The number of guanidine groups is 1. The smallest absolute Gasteiger partial charge is 0.278 e. The lowest BCUT2D eigenvalue weighted by molar-refractivity contribution is -0.131. The van der Waals surface area contributed by atoms with Gasteiger partial charge in [-0.2, -0.15) is 0 Å². The number of fused-ring (bicyclic) bond motifs is 2. The Labute approximate surface area is 239 Å². The first kappa shape index (κ1) is 30.4. The second-order valence-corrected chi connectivity index (χ2v) is 11.4. The van der Waals surface area contributed by atoms with E-state index in [9.17, 15) is 22.8 Å². The molecule has 2 aromatic carbocycles. The number of alkyl halides is 2. The van der Waals surface area contributed by atoms with Gasteiger partial charge in [0.05, 0.1) is 23.7 Å². The van der Waals surface area contributed by atoms with Crippen LogP contribution >= 0.6 is 0 Å². The van der Waals surface area contributed by atoms with Crippen LogP contribution in [0, 0.1) is 12.7 Å². The number of benzene rings is 2. The number of amides is 2. The summed E-state index contributed by atoms with van der Waals surface area (Å²) in [5.41, 5.74) is 7.69. The van der Waals surface area contributed by atoms with Crippen molar-refractivity contribution >= 4 is 18.3 Å². The van der Waals surface area contributed by atoms with Crippen molar-refractivity contribution < 1.29 is 27.5 Å². The largest absolute Gasteiger partial charge is 0.487 e. The van der Waals surface area contributed by atoms with Crippen molar-refractivity contribution in [3.63, 3.8) is 0 Å². The molecule has 0 bridgehead atoms. The van der Waals surface area contributed by atoms with Crippen LogP contribution in [-0.4, -0.2) is 34.8 Å². The van der Waals surface area contributed by atoms with Crippen LogP contribution in [-0.2, 0) is 21.9 Å². The number of aliphatic imine (C=N–C) groups is 1. The molecule has 3 unspecified atom stereocenters. The zero-order valence-electron chi connectivity index (χ0n) is 24.3. The molecule has 0 spiro atoms. The second kappa shape index (κ2) is 11.7. The first-order chi connectivity index (χ1) is 19.4. The molecule has 10 heteroatoms. The highest BCUT2D eigenvalue weighted by molar-refractivity contribution is 5.99. The molecule has 2 aromatic rings. The summed E-state index contributed by atoms with van der Waals surface area (Å²) in [4.78, 5) is 29.8. The fourth-order valence-corrected chi connectivity index (χ4v) is 6.16. The Morgan fingerprint density at radius 3 is 2.59 bits per heavy atom. The molecule has 41 heavy (non-hydrogen) atoms. The molecule has 0 saturated heterocycles. The van der Waals surface area contributed by atoms with Gasteiger partial charge in [-0.3, -0.25) is 14.5 Å². The molecule has 0 aromatic heterocycles. The van der Waals surface area contributed by atoms with Crippen LogP contribution in [0.15, 0.2) is 35.3 Å². The number of carbonyl (C=O) groups is 2. The summed E-state index contributed by atoms with van der Waals surface area (Å²) in [5.74, 6) is -4.12. The molecule has 3 aliphatic rings. The summed E-state index contributed by atoms with van der Waals surface area (Å²) in [6.07, 6.45) is 2.70. The average molecular weight is 573 g/mol. The number of rotatable bonds is 7. The third-order valence-corrected chi connectivity index (χ3v) is 7.80. The molecular formula is C31H39F3N4O3. The number of carbonyl (C=O) groups excluding carboxylic acids is 2. The predicted molar refractivity (Wildman–Crippen MR) is 151 cm³/mol. The minimum absolute atomic E-state index is 0.0465. The summed E-state index contributed by atoms with van der Waals surface area (Å²) in [5, 5.41) is 2.88. The van der Waals surface area contributed by atoms with Gasteiger partial charge in [-0.1, -0.05) is 32.0 Å². The zero-order valence-corrected chi connectivity index (χ0v) is 24.3. The minimum Gasteiger partial charge on any atom is -0.487 e. The number of hydrogen-bond acceptors (Lipinski definition) is 5. The Bertz CT molecular complexity index is 1340. The molecule has 5 rings (SSSR count). The van der Waals surface area contributed by atoms with Crippen molar-refractivity contribution in [1.29, 1.82) is 0 Å². The molecule has 0 radical (unpaired) electrons. The van der Waals surface area contributed by atoms with Gasteiger partial charge < -0.3 is 15.8 Å². The van der Waals surface area contributed by atoms with Crippen LogP contribution in [0.1, 0.15) is 99.7 Å². The maximum atomic E-state index is 14.7. The topological polar surface area (TPSA) is 97.0 Å². The fourth-order valence-electron chi connectivity index (χ4n) is 6.16. The van der Waals surface area contributed by atoms with Crippen molar-refractivity contribution in [2.75, 3.05) is 0 Å². The van der Waals surface area contributed by atoms with Gasteiger partial charge in [0, 0.05) is 24.8 Å². The van der Waals surface area contributed by atoms with E-state index in [2.05, 4.69) is 10.3 Å². The van der Waals surface area contributed by atoms with Crippen molar-refractivity contribution in [2.45, 2.75) is 103 Å². The lowest BCUT2D eigenvalue weighted by atomic mass is 9.88. The lowest BCUT2D eigenvalue weighted by Gasteiger charge is -2.37. The van der Waals surface area contributed by atoms with Crippen molar-refractivity contribution in [2.24, 2.45) is 10.7 Å².